The molecule has 2 aliphatic rings. The summed E-state index contributed by atoms with van der Waals surface area (Å²) in [5.74, 6) is 0.378. The van der Waals surface area contributed by atoms with Crippen LogP contribution in [0, 0.1) is 5.92 Å². The first-order chi connectivity index (χ1) is 13.2. The van der Waals surface area contributed by atoms with Crippen molar-refractivity contribution in [3.05, 3.63) is 29.3 Å². The van der Waals surface area contributed by atoms with Crippen molar-refractivity contribution in [1.82, 2.24) is 15.6 Å². The van der Waals surface area contributed by atoms with Crippen LogP contribution in [0.25, 0.3) is 10.2 Å². The van der Waals surface area contributed by atoms with Gasteiger partial charge in [0.25, 0.3) is 5.91 Å². The number of nitrogens with one attached hydrogen (secondary N) is 2. The Hall–Kier alpha value is -1.95. The fraction of sp³-hybridized carbons (Fsp3) is 0.571. The van der Waals surface area contributed by atoms with Gasteiger partial charge in [0.15, 0.2) is 0 Å². The molecule has 2 fully saturated rings. The first kappa shape index (κ1) is 18.4. The predicted octanol–water partition coefficient (Wildman–Crippen LogP) is 4.03. The van der Waals surface area contributed by atoms with Gasteiger partial charge in [-0.1, -0.05) is 25.7 Å². The van der Waals surface area contributed by atoms with E-state index in [0.717, 1.165) is 42.3 Å². The molecule has 1 aromatic heterocycles. The second kappa shape index (κ2) is 8.38. The highest BCUT2D eigenvalue weighted by Gasteiger charge is 2.29. The molecule has 0 unspecified atom stereocenters. The quantitative estimate of drug-likeness (QED) is 0.781. The Kier molecular flexibility index (Phi) is 5.72. The minimum atomic E-state index is -0.0361. The molecule has 1 aromatic carbocycles. The Bertz CT molecular complexity index is 811. The molecule has 0 spiro atoms. The molecule has 5 nitrogen and oxygen atoms in total. The van der Waals surface area contributed by atoms with Gasteiger partial charge in [-0.15, -0.1) is 11.3 Å². The van der Waals surface area contributed by atoms with Crippen LogP contribution in [0.3, 0.4) is 0 Å². The second-order valence-corrected chi connectivity index (χ2v) is 8.80. The van der Waals surface area contributed by atoms with Gasteiger partial charge in [0, 0.05) is 23.6 Å². The lowest BCUT2D eigenvalue weighted by Gasteiger charge is -2.19. The second-order valence-electron chi connectivity index (χ2n) is 7.91. The van der Waals surface area contributed by atoms with Crippen LogP contribution in [-0.4, -0.2) is 28.9 Å². The number of nitrogens with zero attached hydrogens (tertiary/aromatic N) is 1. The topological polar surface area (TPSA) is 71.1 Å². The standard InChI is InChI=1S/C21H27N3O2S/c25-20(14-5-3-1-2-4-6-14)23-16-8-9-17(12-16)24-21(26)15-7-10-18-19(11-15)27-13-22-18/h7,10-11,13-14,16-17H,1-6,8-9,12H2,(H,23,25)(H,24,26)/t16-,17-/m0/s1. The number of hydrogen-bond donors (Lipinski definition) is 2. The van der Waals surface area contributed by atoms with Crippen LogP contribution in [0.5, 0.6) is 0 Å². The summed E-state index contributed by atoms with van der Waals surface area (Å²) in [4.78, 5) is 29.4. The van der Waals surface area contributed by atoms with Gasteiger partial charge in [-0.3, -0.25) is 9.59 Å². The van der Waals surface area contributed by atoms with Crippen molar-refractivity contribution in [2.45, 2.75) is 69.9 Å². The average Bonchev–Trinajstić information content (AvgIpc) is 3.22. The maximum Gasteiger partial charge on any atom is 0.251 e. The van der Waals surface area contributed by atoms with Crippen LogP contribution in [0.15, 0.2) is 23.7 Å². The fourth-order valence-electron chi connectivity index (χ4n) is 4.37. The van der Waals surface area contributed by atoms with Crippen molar-refractivity contribution in [2.24, 2.45) is 5.92 Å². The molecule has 144 valence electrons. The summed E-state index contributed by atoms with van der Waals surface area (Å²) in [5, 5.41) is 6.38. The highest BCUT2D eigenvalue weighted by molar-refractivity contribution is 7.16. The Balaban J connectivity index is 1.28. The SMILES string of the molecule is O=C(N[C@H]1CC[C@H](NC(=O)C2CCCCCC2)C1)c1ccc2ncsc2c1. The molecule has 2 atom stereocenters. The zero-order valence-electron chi connectivity index (χ0n) is 15.6. The van der Waals surface area contributed by atoms with Gasteiger partial charge in [-0.25, -0.2) is 4.98 Å². The predicted molar refractivity (Wildman–Crippen MR) is 108 cm³/mol. The van der Waals surface area contributed by atoms with E-state index in [1.165, 1.54) is 25.7 Å². The van der Waals surface area contributed by atoms with E-state index < -0.39 is 0 Å². The number of carbonyl (C=O) groups is 2. The molecule has 2 aliphatic carbocycles. The number of hydrogen-bond acceptors (Lipinski definition) is 4. The van der Waals surface area contributed by atoms with Gasteiger partial charge >= 0.3 is 0 Å². The molecule has 2 amide bonds. The van der Waals surface area contributed by atoms with Crippen molar-refractivity contribution < 1.29 is 9.59 Å². The Morgan fingerprint density at radius 2 is 1.70 bits per heavy atom. The van der Waals surface area contributed by atoms with Crippen molar-refractivity contribution in [1.29, 1.82) is 0 Å². The van der Waals surface area contributed by atoms with Crippen molar-refractivity contribution >= 4 is 33.4 Å². The zero-order valence-corrected chi connectivity index (χ0v) is 16.4. The summed E-state index contributed by atoms with van der Waals surface area (Å²) < 4.78 is 1.03. The lowest BCUT2D eigenvalue weighted by Crippen LogP contribution is -2.39. The first-order valence-corrected chi connectivity index (χ1v) is 11.0. The van der Waals surface area contributed by atoms with Gasteiger partial charge in [0.05, 0.1) is 15.7 Å². The fourth-order valence-corrected chi connectivity index (χ4v) is 5.09. The van der Waals surface area contributed by atoms with Crippen LogP contribution in [-0.2, 0) is 4.79 Å². The number of benzene rings is 1. The Labute approximate surface area is 163 Å². The van der Waals surface area contributed by atoms with E-state index in [1.54, 1.807) is 16.8 Å². The van der Waals surface area contributed by atoms with E-state index in [9.17, 15) is 9.59 Å². The molecule has 0 saturated heterocycles. The molecular weight excluding hydrogens is 358 g/mol. The molecule has 2 saturated carbocycles. The Morgan fingerprint density at radius 1 is 0.963 bits per heavy atom. The Morgan fingerprint density at radius 3 is 2.48 bits per heavy atom. The molecule has 2 N–H and O–H groups in total. The summed E-state index contributed by atoms with van der Waals surface area (Å²) in [6.07, 6.45) is 9.60. The number of fused-ring (bicyclic) bond motifs is 1. The van der Waals surface area contributed by atoms with Crippen molar-refractivity contribution in [3.63, 3.8) is 0 Å². The van der Waals surface area contributed by atoms with Gasteiger partial charge in [-0.2, -0.15) is 0 Å². The van der Waals surface area contributed by atoms with Crippen LogP contribution >= 0.6 is 11.3 Å². The molecule has 6 heteroatoms. The van der Waals surface area contributed by atoms with E-state index >= 15 is 0 Å². The maximum absolute atomic E-state index is 12.6. The highest BCUT2D eigenvalue weighted by atomic mass is 32.1. The lowest BCUT2D eigenvalue weighted by atomic mass is 9.99. The van der Waals surface area contributed by atoms with Crippen molar-refractivity contribution in [3.8, 4) is 0 Å². The molecule has 4 rings (SSSR count). The zero-order chi connectivity index (χ0) is 18.6. The third-order valence-electron chi connectivity index (χ3n) is 5.93. The lowest BCUT2D eigenvalue weighted by molar-refractivity contribution is -0.126. The van der Waals surface area contributed by atoms with E-state index in [0.29, 0.717) is 5.56 Å². The first-order valence-electron chi connectivity index (χ1n) is 10.1. The number of amides is 2. The van der Waals surface area contributed by atoms with E-state index in [1.807, 2.05) is 18.2 Å². The highest BCUT2D eigenvalue weighted by Crippen LogP contribution is 2.25. The molecule has 27 heavy (non-hydrogen) atoms. The largest absolute Gasteiger partial charge is 0.353 e. The monoisotopic (exact) mass is 385 g/mol. The number of carbonyl (C=O) groups excluding carboxylic acids is 2. The number of rotatable bonds is 4. The number of aromatic nitrogens is 1. The van der Waals surface area contributed by atoms with E-state index in [4.69, 9.17) is 0 Å². The van der Waals surface area contributed by atoms with Crippen LogP contribution in [0.2, 0.25) is 0 Å². The summed E-state index contributed by atoms with van der Waals surface area (Å²) in [7, 11) is 0. The van der Waals surface area contributed by atoms with Gasteiger partial charge in [0.1, 0.15) is 0 Å². The maximum atomic E-state index is 12.6. The van der Waals surface area contributed by atoms with Crippen molar-refractivity contribution in [2.75, 3.05) is 0 Å². The normalized spacial score (nSPS) is 23.9. The molecule has 0 bridgehead atoms. The minimum absolute atomic E-state index is 0.0361. The molecule has 2 aromatic rings. The number of thiazole rings is 1. The summed E-state index contributed by atoms with van der Waals surface area (Å²) >= 11 is 1.55. The third-order valence-corrected chi connectivity index (χ3v) is 6.73. The van der Waals surface area contributed by atoms with Crippen LogP contribution in [0.4, 0.5) is 0 Å². The van der Waals surface area contributed by atoms with E-state index in [-0.39, 0.29) is 29.8 Å². The molecule has 0 radical (unpaired) electrons. The average molecular weight is 386 g/mol. The van der Waals surface area contributed by atoms with Gasteiger partial charge in [-0.05, 0) is 50.3 Å². The van der Waals surface area contributed by atoms with E-state index in [2.05, 4.69) is 15.6 Å². The summed E-state index contributed by atoms with van der Waals surface area (Å²) in [5.41, 5.74) is 3.40. The van der Waals surface area contributed by atoms with Crippen LogP contribution in [0.1, 0.15) is 68.1 Å². The summed E-state index contributed by atoms with van der Waals surface area (Å²) in [6, 6.07) is 5.95. The molecular formula is C21H27N3O2S. The smallest absolute Gasteiger partial charge is 0.251 e. The summed E-state index contributed by atoms with van der Waals surface area (Å²) in [6.45, 7) is 0. The van der Waals surface area contributed by atoms with Gasteiger partial charge in [0.2, 0.25) is 5.91 Å². The molecule has 0 aliphatic heterocycles. The van der Waals surface area contributed by atoms with Crippen LogP contribution < -0.4 is 10.6 Å². The van der Waals surface area contributed by atoms with Gasteiger partial charge < -0.3 is 10.6 Å². The third kappa shape index (κ3) is 4.49. The molecule has 1 heterocycles. The minimum Gasteiger partial charge on any atom is -0.353 e.